The Morgan fingerprint density at radius 2 is 2.16 bits per heavy atom. The van der Waals surface area contributed by atoms with Gasteiger partial charge in [0.1, 0.15) is 5.60 Å². The van der Waals surface area contributed by atoms with E-state index in [1.807, 2.05) is 18.2 Å². The molecule has 1 saturated heterocycles. The minimum Gasteiger partial charge on any atom is -0.380 e. The Kier molecular flexibility index (Phi) is 3.27. The Balaban J connectivity index is 1.76. The summed E-state index contributed by atoms with van der Waals surface area (Å²) in [4.78, 5) is 8.52. The second-order valence-electron chi connectivity index (χ2n) is 4.80. The number of hydrogen-bond acceptors (Lipinski definition) is 6. The lowest BCUT2D eigenvalue weighted by Gasteiger charge is -2.28. The summed E-state index contributed by atoms with van der Waals surface area (Å²) in [6.45, 7) is 1.52. The van der Waals surface area contributed by atoms with Crippen LogP contribution in [0.1, 0.15) is 30.3 Å². The van der Waals surface area contributed by atoms with E-state index in [9.17, 15) is 5.11 Å². The quantitative estimate of drug-likeness (QED) is 0.842. The lowest BCUT2D eigenvalue weighted by molar-refractivity contribution is -0.0228. The average Bonchev–Trinajstić information content (AvgIpc) is 2.90. The number of aliphatic hydroxyl groups is 1. The zero-order valence-electron chi connectivity index (χ0n) is 10.5. The van der Waals surface area contributed by atoms with Gasteiger partial charge in [-0.3, -0.25) is 4.98 Å². The minimum absolute atomic E-state index is 0.319. The van der Waals surface area contributed by atoms with Crippen molar-refractivity contribution in [3.8, 4) is 0 Å². The van der Waals surface area contributed by atoms with Crippen LogP contribution in [0.4, 0.5) is 0 Å². The van der Waals surface area contributed by atoms with Gasteiger partial charge in [-0.1, -0.05) is 11.2 Å². The maximum Gasteiger partial charge on any atom is 0.258 e. The van der Waals surface area contributed by atoms with Crippen molar-refractivity contribution in [2.75, 3.05) is 13.1 Å². The predicted molar refractivity (Wildman–Crippen MR) is 67.3 cm³/mol. The maximum absolute atomic E-state index is 10.5. The van der Waals surface area contributed by atoms with E-state index in [1.54, 1.807) is 6.20 Å². The molecule has 1 aliphatic rings. The van der Waals surface area contributed by atoms with Gasteiger partial charge in [0, 0.05) is 11.9 Å². The van der Waals surface area contributed by atoms with Gasteiger partial charge in [-0.2, -0.15) is 4.98 Å². The number of aromatic nitrogens is 3. The zero-order chi connectivity index (χ0) is 13.1. The van der Waals surface area contributed by atoms with Crippen molar-refractivity contribution in [3.63, 3.8) is 0 Å². The van der Waals surface area contributed by atoms with E-state index in [2.05, 4.69) is 20.4 Å². The van der Waals surface area contributed by atoms with Crippen LogP contribution in [0.15, 0.2) is 28.9 Å². The van der Waals surface area contributed by atoms with Gasteiger partial charge in [-0.25, -0.2) is 0 Å². The van der Waals surface area contributed by atoms with Gasteiger partial charge >= 0.3 is 0 Å². The summed E-state index contributed by atoms with van der Waals surface area (Å²) in [5.41, 5.74) is -0.104. The number of hydrogen-bond donors (Lipinski definition) is 2. The summed E-state index contributed by atoms with van der Waals surface area (Å²) in [5.74, 6) is 0.876. The highest BCUT2D eigenvalue weighted by Gasteiger charge is 2.36. The van der Waals surface area contributed by atoms with E-state index in [0.29, 0.717) is 31.0 Å². The van der Waals surface area contributed by atoms with E-state index in [-0.39, 0.29) is 0 Å². The number of nitrogens with zero attached hydrogens (tertiary/aromatic N) is 3. The predicted octanol–water partition coefficient (Wildman–Crippen LogP) is 0.626. The van der Waals surface area contributed by atoms with Crippen LogP contribution in [0.2, 0.25) is 0 Å². The molecule has 0 bridgehead atoms. The van der Waals surface area contributed by atoms with Crippen molar-refractivity contribution in [1.82, 2.24) is 20.4 Å². The minimum atomic E-state index is -0.985. The maximum atomic E-state index is 10.5. The van der Waals surface area contributed by atoms with Crippen molar-refractivity contribution >= 4 is 0 Å². The third kappa shape index (κ3) is 2.64. The van der Waals surface area contributed by atoms with Crippen LogP contribution in [-0.4, -0.2) is 33.3 Å². The molecule has 0 aromatic carbocycles. The van der Waals surface area contributed by atoms with Gasteiger partial charge in [0.25, 0.3) is 5.89 Å². The molecule has 2 aromatic rings. The number of piperidine rings is 1. The smallest absolute Gasteiger partial charge is 0.258 e. The number of rotatable bonds is 3. The van der Waals surface area contributed by atoms with Gasteiger partial charge in [-0.15, -0.1) is 0 Å². The molecule has 6 heteroatoms. The lowest BCUT2D eigenvalue weighted by atomic mass is 9.92. The normalized spacial score (nSPS) is 18.4. The molecule has 0 radical (unpaired) electrons. The summed E-state index contributed by atoms with van der Waals surface area (Å²) in [7, 11) is 0. The van der Waals surface area contributed by atoms with Crippen LogP contribution in [-0.2, 0) is 12.0 Å². The fraction of sp³-hybridized carbons (Fsp3) is 0.462. The van der Waals surface area contributed by atoms with E-state index >= 15 is 0 Å². The molecule has 6 nitrogen and oxygen atoms in total. The van der Waals surface area contributed by atoms with E-state index in [0.717, 1.165) is 18.8 Å². The summed E-state index contributed by atoms with van der Waals surface area (Å²) in [6.07, 6.45) is 3.44. The molecule has 0 saturated carbocycles. The van der Waals surface area contributed by atoms with Crippen LogP contribution in [0.3, 0.4) is 0 Å². The first-order valence-corrected chi connectivity index (χ1v) is 6.42. The van der Waals surface area contributed by atoms with Gasteiger partial charge < -0.3 is 14.9 Å². The highest BCUT2D eigenvalue weighted by molar-refractivity contribution is 5.10. The average molecular weight is 260 g/mol. The molecule has 1 fully saturated rings. The molecule has 0 atom stereocenters. The van der Waals surface area contributed by atoms with Crippen molar-refractivity contribution in [2.24, 2.45) is 0 Å². The van der Waals surface area contributed by atoms with Gasteiger partial charge in [0.2, 0.25) is 0 Å². The molecule has 1 aliphatic heterocycles. The third-order valence-corrected chi connectivity index (χ3v) is 3.36. The van der Waals surface area contributed by atoms with Crippen LogP contribution >= 0.6 is 0 Å². The monoisotopic (exact) mass is 260 g/mol. The van der Waals surface area contributed by atoms with Crippen molar-refractivity contribution in [2.45, 2.75) is 24.9 Å². The molecular formula is C13H16N4O2. The molecular weight excluding hydrogens is 244 g/mol. The molecule has 2 N–H and O–H groups in total. The zero-order valence-corrected chi connectivity index (χ0v) is 10.5. The Morgan fingerprint density at radius 1 is 1.32 bits per heavy atom. The van der Waals surface area contributed by atoms with Crippen molar-refractivity contribution in [3.05, 3.63) is 41.8 Å². The molecule has 19 heavy (non-hydrogen) atoms. The summed E-state index contributed by atoms with van der Waals surface area (Å²) in [5, 5.41) is 17.6. The summed E-state index contributed by atoms with van der Waals surface area (Å²) < 4.78 is 5.21. The molecule has 3 rings (SSSR count). The molecule has 0 amide bonds. The topological polar surface area (TPSA) is 84.1 Å². The Labute approximate surface area is 110 Å². The van der Waals surface area contributed by atoms with Crippen molar-refractivity contribution in [1.29, 1.82) is 0 Å². The standard InChI is InChI=1S/C13H16N4O2/c18-13(4-7-14-8-5-13)12-16-11(17-19-12)9-10-3-1-2-6-15-10/h1-3,6,14,18H,4-5,7-9H2. The first-order chi connectivity index (χ1) is 9.26. The van der Waals surface area contributed by atoms with Gasteiger partial charge in [0.05, 0.1) is 6.42 Å². The Bertz CT molecular complexity index is 535. The third-order valence-electron chi connectivity index (χ3n) is 3.36. The molecule has 3 heterocycles. The Morgan fingerprint density at radius 3 is 2.89 bits per heavy atom. The first kappa shape index (κ1) is 12.3. The van der Waals surface area contributed by atoms with Crippen LogP contribution in [0.25, 0.3) is 0 Å². The molecule has 2 aromatic heterocycles. The van der Waals surface area contributed by atoms with E-state index in [1.165, 1.54) is 0 Å². The number of pyridine rings is 1. The lowest BCUT2D eigenvalue weighted by Crippen LogP contribution is -2.39. The fourth-order valence-corrected chi connectivity index (χ4v) is 2.23. The molecule has 100 valence electrons. The van der Waals surface area contributed by atoms with Crippen LogP contribution < -0.4 is 5.32 Å². The summed E-state index contributed by atoms with van der Waals surface area (Å²) >= 11 is 0. The van der Waals surface area contributed by atoms with E-state index < -0.39 is 5.60 Å². The largest absolute Gasteiger partial charge is 0.380 e. The molecule has 0 unspecified atom stereocenters. The first-order valence-electron chi connectivity index (χ1n) is 6.42. The second-order valence-corrected chi connectivity index (χ2v) is 4.80. The fourth-order valence-electron chi connectivity index (χ4n) is 2.23. The highest BCUT2D eigenvalue weighted by Crippen LogP contribution is 2.29. The highest BCUT2D eigenvalue weighted by atomic mass is 16.5. The molecule has 0 aliphatic carbocycles. The van der Waals surface area contributed by atoms with Crippen LogP contribution in [0.5, 0.6) is 0 Å². The van der Waals surface area contributed by atoms with Gasteiger partial charge in [-0.05, 0) is 38.1 Å². The summed E-state index contributed by atoms with van der Waals surface area (Å²) in [6, 6.07) is 5.70. The van der Waals surface area contributed by atoms with Crippen LogP contribution in [0, 0.1) is 0 Å². The van der Waals surface area contributed by atoms with Crippen molar-refractivity contribution < 1.29 is 9.63 Å². The number of nitrogens with one attached hydrogen (secondary N) is 1. The second kappa shape index (κ2) is 5.07. The van der Waals surface area contributed by atoms with Gasteiger partial charge in [0.15, 0.2) is 5.82 Å². The van der Waals surface area contributed by atoms with E-state index in [4.69, 9.17) is 4.52 Å². The SMILES string of the molecule is OC1(c2nc(Cc3ccccn3)no2)CCNCC1. The molecule has 0 spiro atoms. The Hall–Kier alpha value is -1.79.